The third-order valence-electron chi connectivity index (χ3n) is 9.75. The molecule has 2 saturated heterocycles. The lowest BCUT2D eigenvalue weighted by molar-refractivity contribution is -0.138. The molecule has 3 aromatic rings. The fourth-order valence-electron chi connectivity index (χ4n) is 7.62. The Morgan fingerprint density at radius 2 is 1.58 bits per heavy atom. The van der Waals surface area contributed by atoms with E-state index >= 15 is 0 Å². The number of phenols is 1. The van der Waals surface area contributed by atoms with Crippen LogP contribution in [0.2, 0.25) is 0 Å². The molecule has 4 aliphatic rings. The summed E-state index contributed by atoms with van der Waals surface area (Å²) in [5, 5.41) is 14.4. The van der Waals surface area contributed by atoms with Gasteiger partial charge >= 0.3 is 0 Å². The minimum absolute atomic E-state index is 0.125. The van der Waals surface area contributed by atoms with Gasteiger partial charge in [-0.1, -0.05) is 35.9 Å². The van der Waals surface area contributed by atoms with Gasteiger partial charge in [-0.3, -0.25) is 29.0 Å². The van der Waals surface area contributed by atoms with Gasteiger partial charge < -0.3 is 15.2 Å². The van der Waals surface area contributed by atoms with Crippen LogP contribution in [0.15, 0.2) is 84.4 Å². The molecule has 9 nitrogen and oxygen atoms in total. The number of fused-ring (bicyclic) bond motifs is 4. The van der Waals surface area contributed by atoms with E-state index in [0.717, 1.165) is 16.3 Å². The zero-order valence-corrected chi connectivity index (χ0v) is 25.9. The number of methoxy groups -OCH3 is 1. The van der Waals surface area contributed by atoms with Crippen molar-refractivity contribution in [2.24, 2.45) is 17.8 Å². The number of benzene rings is 3. The minimum Gasteiger partial charge on any atom is -0.508 e. The van der Waals surface area contributed by atoms with E-state index < -0.39 is 51.1 Å². The Morgan fingerprint density at radius 3 is 2.24 bits per heavy atom. The van der Waals surface area contributed by atoms with Gasteiger partial charge in [0.1, 0.15) is 11.5 Å². The average Bonchev–Trinajstić information content (AvgIpc) is 3.37. The number of halogens is 2. The van der Waals surface area contributed by atoms with E-state index in [2.05, 4.69) is 5.32 Å². The second-order valence-electron chi connectivity index (χ2n) is 12.0. The monoisotopic (exact) mass is 645 g/mol. The van der Waals surface area contributed by atoms with E-state index in [1.54, 1.807) is 36.4 Å². The molecule has 6 atom stereocenters. The number of para-hydroxylation sites is 1. The first-order valence-electron chi connectivity index (χ1n) is 14.6. The van der Waals surface area contributed by atoms with Crippen molar-refractivity contribution in [2.75, 3.05) is 24.4 Å². The SMILES string of the molecule is COc1ccc([C@H]2C3=CC[C@@H]4C(=O)N(c5ccc(Nc6ccccc6)cc5)C(=O)[C@@H]4[C@@H]3C[C@@]3(Cl)C(=O)N(C)C(=O)[C@@]23Cl)c(O)c1. The molecule has 0 radical (unpaired) electrons. The van der Waals surface area contributed by atoms with Crippen LogP contribution in [0.4, 0.5) is 17.1 Å². The molecule has 2 aliphatic heterocycles. The summed E-state index contributed by atoms with van der Waals surface area (Å²) in [5.74, 6) is -5.21. The third kappa shape index (κ3) is 4.06. The lowest BCUT2D eigenvalue weighted by atomic mass is 9.56. The van der Waals surface area contributed by atoms with Gasteiger partial charge in [0, 0.05) is 36.0 Å². The standard InChI is InChI=1S/C34H29Cl2N3O6/c1-38-31(43)33(35)17-25-22(28(34(33,36)32(38)44)23-13-12-21(45-2)16-26(23)40)14-15-24-27(25)30(42)39(29(24)41)20-10-8-19(9-11-20)37-18-6-4-3-5-7-18/h3-14,16,24-25,27-28,37,40H,15,17H2,1-2H3/t24-,25+,27-,28+,33+,34-/m0/s1. The maximum Gasteiger partial charge on any atom is 0.253 e. The molecule has 0 aromatic heterocycles. The van der Waals surface area contributed by atoms with Crippen molar-refractivity contribution in [2.45, 2.75) is 28.5 Å². The maximum absolute atomic E-state index is 14.2. The number of rotatable bonds is 5. The van der Waals surface area contributed by atoms with E-state index in [1.807, 2.05) is 36.4 Å². The van der Waals surface area contributed by atoms with Gasteiger partial charge in [0.2, 0.25) is 11.8 Å². The molecule has 2 aliphatic carbocycles. The molecular formula is C34H29Cl2N3O6. The summed E-state index contributed by atoms with van der Waals surface area (Å²) in [6.07, 6.45) is 1.93. The zero-order valence-electron chi connectivity index (χ0n) is 24.4. The molecule has 11 heteroatoms. The highest BCUT2D eigenvalue weighted by molar-refractivity contribution is 6.53. The highest BCUT2D eigenvalue weighted by Crippen LogP contribution is 2.66. The molecule has 230 valence electrons. The van der Waals surface area contributed by atoms with Crippen LogP contribution in [0.1, 0.15) is 24.3 Å². The van der Waals surface area contributed by atoms with Crippen LogP contribution in [0.3, 0.4) is 0 Å². The van der Waals surface area contributed by atoms with Crippen LogP contribution in [-0.2, 0) is 19.2 Å². The zero-order chi connectivity index (χ0) is 31.8. The number of phenolic OH excluding ortho intramolecular Hbond substituents is 1. The topological polar surface area (TPSA) is 116 Å². The molecule has 3 aromatic carbocycles. The Kier molecular flexibility index (Phi) is 6.76. The predicted octanol–water partition coefficient (Wildman–Crippen LogP) is 5.34. The van der Waals surface area contributed by atoms with Crippen molar-refractivity contribution in [1.82, 2.24) is 4.90 Å². The number of imide groups is 2. The number of hydrogen-bond donors (Lipinski definition) is 2. The lowest BCUT2D eigenvalue weighted by Crippen LogP contribution is -2.60. The first-order valence-corrected chi connectivity index (χ1v) is 15.3. The predicted molar refractivity (Wildman–Crippen MR) is 169 cm³/mol. The Balaban J connectivity index is 1.28. The molecule has 0 spiro atoms. The molecule has 7 rings (SSSR count). The summed E-state index contributed by atoms with van der Waals surface area (Å²) in [7, 11) is 2.78. The van der Waals surface area contributed by atoms with E-state index in [0.29, 0.717) is 17.0 Å². The smallest absolute Gasteiger partial charge is 0.253 e. The average molecular weight is 647 g/mol. The normalized spacial score (nSPS) is 30.5. The summed E-state index contributed by atoms with van der Waals surface area (Å²) in [4.78, 5) is 53.6. The molecule has 2 N–H and O–H groups in total. The number of anilines is 3. The maximum atomic E-state index is 14.2. The first-order chi connectivity index (χ1) is 21.5. The van der Waals surface area contributed by atoms with Gasteiger partial charge in [0.25, 0.3) is 11.8 Å². The van der Waals surface area contributed by atoms with Crippen LogP contribution in [0.5, 0.6) is 11.5 Å². The van der Waals surface area contributed by atoms with Crippen molar-refractivity contribution in [1.29, 1.82) is 0 Å². The first kappa shape index (κ1) is 29.4. The Bertz CT molecular complexity index is 1800. The number of amides is 4. The van der Waals surface area contributed by atoms with E-state index in [4.69, 9.17) is 27.9 Å². The van der Waals surface area contributed by atoms with Gasteiger partial charge in [-0.25, -0.2) is 0 Å². The number of alkyl halides is 2. The van der Waals surface area contributed by atoms with Gasteiger partial charge in [-0.15, -0.1) is 23.2 Å². The van der Waals surface area contributed by atoms with Crippen LogP contribution >= 0.6 is 23.2 Å². The number of likely N-dealkylation sites (tertiary alicyclic amines) is 1. The number of aromatic hydroxyl groups is 1. The Labute approximate surface area is 269 Å². The van der Waals surface area contributed by atoms with Crippen molar-refractivity contribution < 1.29 is 29.0 Å². The fourth-order valence-corrected chi connectivity index (χ4v) is 8.63. The van der Waals surface area contributed by atoms with E-state index in [9.17, 15) is 24.3 Å². The largest absolute Gasteiger partial charge is 0.508 e. The fraction of sp³-hybridized carbons (Fsp3) is 0.294. The number of carbonyl (C=O) groups is 4. The van der Waals surface area contributed by atoms with Gasteiger partial charge in [-0.2, -0.15) is 0 Å². The number of hydrogen-bond acceptors (Lipinski definition) is 7. The van der Waals surface area contributed by atoms with Gasteiger partial charge in [-0.05, 0) is 61.2 Å². The molecular weight excluding hydrogens is 617 g/mol. The Hall–Kier alpha value is -4.34. The summed E-state index contributed by atoms with van der Waals surface area (Å²) in [5.41, 5.74) is 2.99. The van der Waals surface area contributed by atoms with Crippen molar-refractivity contribution in [3.05, 3.63) is 90.0 Å². The van der Waals surface area contributed by atoms with Gasteiger partial charge in [0.15, 0.2) is 9.75 Å². The molecule has 4 amide bonds. The van der Waals surface area contributed by atoms with Crippen molar-refractivity contribution in [3.8, 4) is 11.5 Å². The van der Waals surface area contributed by atoms with Crippen LogP contribution < -0.4 is 15.0 Å². The molecule has 45 heavy (non-hydrogen) atoms. The number of ether oxygens (including phenoxy) is 1. The highest BCUT2D eigenvalue weighted by atomic mass is 35.5. The van der Waals surface area contributed by atoms with E-state index in [1.165, 1.54) is 25.1 Å². The van der Waals surface area contributed by atoms with Gasteiger partial charge in [0.05, 0.1) is 24.6 Å². The minimum atomic E-state index is -1.98. The molecule has 0 bridgehead atoms. The number of carbonyl (C=O) groups excluding carboxylic acids is 4. The van der Waals surface area contributed by atoms with Crippen LogP contribution in [0.25, 0.3) is 0 Å². The number of nitrogens with zero attached hydrogens (tertiary/aromatic N) is 2. The van der Waals surface area contributed by atoms with E-state index in [-0.39, 0.29) is 30.1 Å². The second kappa shape index (κ2) is 10.4. The highest BCUT2D eigenvalue weighted by Gasteiger charge is 2.76. The molecule has 1 saturated carbocycles. The van der Waals surface area contributed by atoms with Crippen molar-refractivity contribution >= 4 is 63.9 Å². The molecule has 0 unspecified atom stereocenters. The third-order valence-corrected chi connectivity index (χ3v) is 11.2. The Morgan fingerprint density at radius 1 is 0.889 bits per heavy atom. The lowest BCUT2D eigenvalue weighted by Gasteiger charge is -2.50. The summed E-state index contributed by atoms with van der Waals surface area (Å²) < 4.78 is 5.25. The number of allylic oxidation sites excluding steroid dienone is 2. The quantitative estimate of drug-likeness (QED) is 0.219. The van der Waals surface area contributed by atoms with Crippen molar-refractivity contribution in [3.63, 3.8) is 0 Å². The second-order valence-corrected chi connectivity index (χ2v) is 13.2. The van der Waals surface area contributed by atoms with Crippen LogP contribution in [-0.4, -0.2) is 57.5 Å². The molecule has 2 heterocycles. The summed E-state index contributed by atoms with van der Waals surface area (Å²) in [6, 6.07) is 21.2. The molecule has 3 fully saturated rings. The number of nitrogens with one attached hydrogen (secondary N) is 1. The van der Waals surface area contributed by atoms with Crippen LogP contribution in [0, 0.1) is 17.8 Å². The summed E-state index contributed by atoms with van der Waals surface area (Å²) in [6.45, 7) is 0. The summed E-state index contributed by atoms with van der Waals surface area (Å²) >= 11 is 14.4.